The summed E-state index contributed by atoms with van der Waals surface area (Å²) >= 11 is 0. The average Bonchev–Trinajstić information content (AvgIpc) is 2.22. The molecule has 4 nitrogen and oxygen atoms in total. The molecular weight excluding hydrogens is 263 g/mol. The molecule has 0 saturated carbocycles. The first-order valence-electron chi connectivity index (χ1n) is 5.31. The summed E-state index contributed by atoms with van der Waals surface area (Å²) in [5, 5.41) is 10.9. The summed E-state index contributed by atoms with van der Waals surface area (Å²) in [5.74, 6) is -6.66. The van der Waals surface area contributed by atoms with Crippen molar-refractivity contribution in [3.05, 3.63) is 35.1 Å². The molecule has 7 heteroatoms. The third kappa shape index (κ3) is 3.97. The molecule has 0 aliphatic carbocycles. The number of hydrogen-bond acceptors (Lipinski definition) is 2. The van der Waals surface area contributed by atoms with Crippen molar-refractivity contribution in [3.8, 4) is 0 Å². The van der Waals surface area contributed by atoms with Crippen LogP contribution in [0.1, 0.15) is 30.6 Å². The van der Waals surface area contributed by atoms with E-state index in [-0.39, 0.29) is 6.42 Å². The van der Waals surface area contributed by atoms with Crippen LogP contribution in [0.4, 0.5) is 13.2 Å². The summed E-state index contributed by atoms with van der Waals surface area (Å²) < 4.78 is 38.6. The topological polar surface area (TPSA) is 66.4 Å². The Morgan fingerprint density at radius 1 is 1.21 bits per heavy atom. The maximum atomic E-state index is 13.0. The van der Waals surface area contributed by atoms with Crippen LogP contribution in [0.3, 0.4) is 0 Å². The van der Waals surface area contributed by atoms with Crippen molar-refractivity contribution in [3.63, 3.8) is 0 Å². The van der Waals surface area contributed by atoms with Crippen molar-refractivity contribution in [1.29, 1.82) is 0 Å². The molecule has 0 atom stereocenters. The number of benzene rings is 1. The maximum absolute atomic E-state index is 13.0. The smallest absolute Gasteiger partial charge is 0.305 e. The van der Waals surface area contributed by atoms with Crippen LogP contribution < -0.4 is 5.32 Å². The molecule has 104 valence electrons. The standard InChI is InChI=1S/C12H12F3NO3/c1-12(2,5-9(17)18)16-11(19)6-3-7(13)10(15)8(14)4-6/h3-4H,5H2,1-2H3,(H,16,19)(H,17,18). The third-order valence-electron chi connectivity index (χ3n) is 2.29. The molecule has 0 spiro atoms. The molecule has 1 amide bonds. The largest absolute Gasteiger partial charge is 0.481 e. The predicted molar refractivity (Wildman–Crippen MR) is 60.1 cm³/mol. The van der Waals surface area contributed by atoms with E-state index in [1.807, 2.05) is 0 Å². The van der Waals surface area contributed by atoms with E-state index in [0.29, 0.717) is 12.1 Å². The summed E-state index contributed by atoms with van der Waals surface area (Å²) in [6.45, 7) is 2.88. The Morgan fingerprint density at radius 2 is 1.68 bits per heavy atom. The zero-order valence-electron chi connectivity index (χ0n) is 10.3. The quantitative estimate of drug-likeness (QED) is 0.827. The Bertz CT molecular complexity index is 506. The molecule has 0 fully saturated rings. The van der Waals surface area contributed by atoms with Crippen molar-refractivity contribution in [2.45, 2.75) is 25.8 Å². The molecular formula is C12H12F3NO3. The molecule has 0 aliphatic heterocycles. The fourth-order valence-electron chi connectivity index (χ4n) is 1.49. The lowest BCUT2D eigenvalue weighted by molar-refractivity contribution is -0.138. The van der Waals surface area contributed by atoms with Gasteiger partial charge in [0.25, 0.3) is 5.91 Å². The van der Waals surface area contributed by atoms with Crippen LogP contribution in [0.25, 0.3) is 0 Å². The number of amides is 1. The van der Waals surface area contributed by atoms with Gasteiger partial charge in [0, 0.05) is 11.1 Å². The highest BCUT2D eigenvalue weighted by atomic mass is 19.2. The van der Waals surface area contributed by atoms with E-state index in [0.717, 1.165) is 0 Å². The van der Waals surface area contributed by atoms with Crippen LogP contribution in [-0.2, 0) is 4.79 Å². The number of aliphatic carboxylic acids is 1. The van der Waals surface area contributed by atoms with Crippen LogP contribution in [0.15, 0.2) is 12.1 Å². The van der Waals surface area contributed by atoms with Gasteiger partial charge < -0.3 is 10.4 Å². The second-order valence-electron chi connectivity index (χ2n) is 4.66. The summed E-state index contributed by atoms with van der Waals surface area (Å²) in [6, 6.07) is 1.09. The van der Waals surface area contributed by atoms with Gasteiger partial charge in [0.2, 0.25) is 0 Å². The molecule has 1 rings (SSSR count). The van der Waals surface area contributed by atoms with Gasteiger partial charge >= 0.3 is 5.97 Å². The lowest BCUT2D eigenvalue weighted by Crippen LogP contribution is -2.45. The molecule has 0 radical (unpaired) electrons. The van der Waals surface area contributed by atoms with Gasteiger partial charge in [-0.2, -0.15) is 0 Å². The van der Waals surface area contributed by atoms with Crippen molar-refractivity contribution >= 4 is 11.9 Å². The SMILES string of the molecule is CC(C)(CC(=O)O)NC(=O)c1cc(F)c(F)c(F)c1. The minimum Gasteiger partial charge on any atom is -0.481 e. The van der Waals surface area contributed by atoms with Gasteiger partial charge in [0.15, 0.2) is 17.5 Å². The highest BCUT2D eigenvalue weighted by Gasteiger charge is 2.25. The van der Waals surface area contributed by atoms with Gasteiger partial charge in [-0.25, -0.2) is 13.2 Å². The lowest BCUT2D eigenvalue weighted by atomic mass is 10.00. The van der Waals surface area contributed by atoms with Crippen LogP contribution in [0.5, 0.6) is 0 Å². The Morgan fingerprint density at radius 3 is 2.11 bits per heavy atom. The second-order valence-corrected chi connectivity index (χ2v) is 4.66. The molecule has 0 aliphatic rings. The molecule has 0 unspecified atom stereocenters. The van der Waals surface area contributed by atoms with E-state index in [4.69, 9.17) is 5.11 Å². The van der Waals surface area contributed by atoms with E-state index >= 15 is 0 Å². The van der Waals surface area contributed by atoms with Crippen LogP contribution in [0.2, 0.25) is 0 Å². The highest BCUT2D eigenvalue weighted by molar-refractivity contribution is 5.95. The number of nitrogens with one attached hydrogen (secondary N) is 1. The van der Waals surface area contributed by atoms with Gasteiger partial charge in [0.1, 0.15) is 0 Å². The Labute approximate surface area is 107 Å². The summed E-state index contributed by atoms with van der Waals surface area (Å²) in [7, 11) is 0. The molecule has 0 aromatic heterocycles. The first kappa shape index (κ1) is 15.0. The molecule has 0 bridgehead atoms. The van der Waals surface area contributed by atoms with Crippen LogP contribution >= 0.6 is 0 Å². The number of hydrogen-bond donors (Lipinski definition) is 2. The number of carbonyl (C=O) groups excluding carboxylic acids is 1. The van der Waals surface area contributed by atoms with Crippen LogP contribution in [0, 0.1) is 17.5 Å². The lowest BCUT2D eigenvalue weighted by Gasteiger charge is -2.24. The monoisotopic (exact) mass is 275 g/mol. The normalized spacial score (nSPS) is 11.2. The van der Waals surface area contributed by atoms with Crippen molar-refractivity contribution in [1.82, 2.24) is 5.32 Å². The van der Waals surface area contributed by atoms with E-state index in [9.17, 15) is 22.8 Å². The molecule has 1 aromatic rings. The van der Waals surface area contributed by atoms with E-state index in [1.54, 1.807) is 0 Å². The van der Waals surface area contributed by atoms with E-state index in [2.05, 4.69) is 5.32 Å². The van der Waals surface area contributed by atoms with E-state index < -0.39 is 40.4 Å². The summed E-state index contributed by atoms with van der Waals surface area (Å²) in [4.78, 5) is 22.3. The van der Waals surface area contributed by atoms with Gasteiger partial charge in [-0.05, 0) is 26.0 Å². The van der Waals surface area contributed by atoms with Gasteiger partial charge in [-0.15, -0.1) is 0 Å². The Hall–Kier alpha value is -2.05. The molecule has 0 heterocycles. The Balaban J connectivity index is 2.93. The fourth-order valence-corrected chi connectivity index (χ4v) is 1.49. The van der Waals surface area contributed by atoms with Crippen LogP contribution in [-0.4, -0.2) is 22.5 Å². The number of carbonyl (C=O) groups is 2. The molecule has 19 heavy (non-hydrogen) atoms. The predicted octanol–water partition coefficient (Wildman–Crippen LogP) is 2.09. The first-order chi connectivity index (χ1) is 8.62. The summed E-state index contributed by atoms with van der Waals surface area (Å²) in [6.07, 6.45) is -0.370. The first-order valence-corrected chi connectivity index (χ1v) is 5.31. The second kappa shape index (κ2) is 5.29. The zero-order valence-corrected chi connectivity index (χ0v) is 10.3. The summed E-state index contributed by atoms with van der Waals surface area (Å²) in [5.41, 5.74) is -1.53. The van der Waals surface area contributed by atoms with Crippen molar-refractivity contribution in [2.24, 2.45) is 0 Å². The number of carboxylic acid groups (broad SMARTS) is 1. The van der Waals surface area contributed by atoms with Crippen molar-refractivity contribution in [2.75, 3.05) is 0 Å². The van der Waals surface area contributed by atoms with Gasteiger partial charge in [-0.1, -0.05) is 0 Å². The van der Waals surface area contributed by atoms with Gasteiger partial charge in [-0.3, -0.25) is 9.59 Å². The molecule has 1 aromatic carbocycles. The van der Waals surface area contributed by atoms with Gasteiger partial charge in [0.05, 0.1) is 6.42 Å². The fraction of sp³-hybridized carbons (Fsp3) is 0.333. The number of carboxylic acids is 1. The third-order valence-corrected chi connectivity index (χ3v) is 2.29. The Kier molecular flexibility index (Phi) is 4.18. The maximum Gasteiger partial charge on any atom is 0.305 e. The number of rotatable bonds is 4. The minimum atomic E-state index is -1.67. The molecule has 2 N–H and O–H groups in total. The number of halogens is 3. The average molecular weight is 275 g/mol. The minimum absolute atomic E-state index is 0.370. The zero-order chi connectivity index (χ0) is 14.8. The van der Waals surface area contributed by atoms with E-state index in [1.165, 1.54) is 13.8 Å². The van der Waals surface area contributed by atoms with Crippen molar-refractivity contribution < 1.29 is 27.9 Å². The highest BCUT2D eigenvalue weighted by Crippen LogP contribution is 2.15. The molecule has 0 saturated heterocycles.